The summed E-state index contributed by atoms with van der Waals surface area (Å²) in [4.78, 5) is 34.1. The molecular formula is C18H29NO6. The highest BCUT2D eigenvalue weighted by Gasteiger charge is 2.36. The van der Waals surface area contributed by atoms with Gasteiger partial charge in [0.1, 0.15) is 6.04 Å². The van der Waals surface area contributed by atoms with Gasteiger partial charge in [-0.05, 0) is 37.0 Å². The first-order chi connectivity index (χ1) is 11.8. The number of nitrogens with one attached hydrogen (secondary N) is 1. The highest BCUT2D eigenvalue weighted by molar-refractivity contribution is 5.83. The fourth-order valence-electron chi connectivity index (χ4n) is 3.32. The number of aliphatic hydroxyl groups excluding tert-OH is 1. The minimum Gasteiger partial charge on any atom is -0.481 e. The highest BCUT2D eigenvalue weighted by Crippen LogP contribution is 2.37. The van der Waals surface area contributed by atoms with Crippen LogP contribution in [0, 0.1) is 17.8 Å². The van der Waals surface area contributed by atoms with Gasteiger partial charge < -0.3 is 20.6 Å². The Bertz CT molecular complexity index is 504. The Morgan fingerprint density at radius 2 is 1.88 bits per heavy atom. The van der Waals surface area contributed by atoms with E-state index in [1.165, 1.54) is 0 Å². The van der Waals surface area contributed by atoms with Crippen LogP contribution in [0.2, 0.25) is 0 Å². The maximum atomic E-state index is 12.3. The molecule has 0 aliphatic heterocycles. The fraction of sp³-hybridized carbons (Fsp3) is 0.722. The van der Waals surface area contributed by atoms with E-state index in [1.807, 2.05) is 6.92 Å². The van der Waals surface area contributed by atoms with E-state index >= 15 is 0 Å². The Hall–Kier alpha value is -1.89. The van der Waals surface area contributed by atoms with Gasteiger partial charge >= 0.3 is 11.9 Å². The average Bonchev–Trinajstić information content (AvgIpc) is 2.88. The number of carbonyl (C=O) groups excluding carboxylic acids is 1. The highest BCUT2D eigenvalue weighted by atomic mass is 16.4. The molecule has 1 amide bonds. The summed E-state index contributed by atoms with van der Waals surface area (Å²) in [6.45, 7) is 3.66. The predicted molar refractivity (Wildman–Crippen MR) is 91.9 cm³/mol. The van der Waals surface area contributed by atoms with Gasteiger partial charge in [0.2, 0.25) is 5.91 Å². The SMILES string of the molecule is CC[C@H](C)[C@H](NC(=O)C[C@H]1CC[C@H](O)[C@@H]1C/C=C\CC(=O)O)C(=O)O. The molecule has 0 heterocycles. The number of allylic oxidation sites excluding steroid dienone is 1. The molecule has 1 aliphatic rings. The summed E-state index contributed by atoms with van der Waals surface area (Å²) in [5, 5.41) is 30.6. The molecule has 7 nitrogen and oxygen atoms in total. The molecule has 0 aromatic carbocycles. The molecule has 1 aliphatic carbocycles. The first-order valence-corrected chi connectivity index (χ1v) is 8.83. The predicted octanol–water partition coefficient (Wildman–Crippen LogP) is 1.80. The van der Waals surface area contributed by atoms with Crippen molar-refractivity contribution < 1.29 is 29.7 Å². The third-order valence-corrected chi connectivity index (χ3v) is 5.04. The van der Waals surface area contributed by atoms with Crippen molar-refractivity contribution in [3.8, 4) is 0 Å². The largest absolute Gasteiger partial charge is 0.481 e. The van der Waals surface area contributed by atoms with Crippen LogP contribution in [0.4, 0.5) is 0 Å². The van der Waals surface area contributed by atoms with E-state index in [0.29, 0.717) is 25.7 Å². The lowest BCUT2D eigenvalue weighted by molar-refractivity contribution is -0.143. The van der Waals surface area contributed by atoms with Gasteiger partial charge in [-0.15, -0.1) is 0 Å². The second kappa shape index (κ2) is 10.2. The number of hydrogen-bond acceptors (Lipinski definition) is 4. The van der Waals surface area contributed by atoms with Gasteiger partial charge in [-0.2, -0.15) is 0 Å². The number of aliphatic carboxylic acids is 2. The van der Waals surface area contributed by atoms with E-state index in [9.17, 15) is 24.6 Å². The molecule has 0 aromatic rings. The van der Waals surface area contributed by atoms with E-state index in [4.69, 9.17) is 5.11 Å². The summed E-state index contributed by atoms with van der Waals surface area (Å²) in [6.07, 6.45) is 5.34. The molecule has 4 N–H and O–H groups in total. The maximum absolute atomic E-state index is 12.3. The first kappa shape index (κ1) is 21.2. The normalized spacial score (nSPS) is 25.6. The molecule has 1 fully saturated rings. The van der Waals surface area contributed by atoms with E-state index < -0.39 is 24.1 Å². The number of amides is 1. The number of rotatable bonds is 10. The first-order valence-electron chi connectivity index (χ1n) is 8.83. The van der Waals surface area contributed by atoms with Crippen molar-refractivity contribution in [2.24, 2.45) is 17.8 Å². The van der Waals surface area contributed by atoms with Gasteiger partial charge in [-0.3, -0.25) is 9.59 Å². The molecule has 1 rings (SSSR count). The Kier molecular flexibility index (Phi) is 8.61. The Labute approximate surface area is 148 Å². The van der Waals surface area contributed by atoms with Crippen molar-refractivity contribution in [1.82, 2.24) is 5.32 Å². The minimum atomic E-state index is -1.04. The zero-order valence-corrected chi connectivity index (χ0v) is 14.9. The van der Waals surface area contributed by atoms with E-state index in [2.05, 4.69) is 5.32 Å². The summed E-state index contributed by atoms with van der Waals surface area (Å²) in [5.41, 5.74) is 0. The molecule has 0 unspecified atom stereocenters. The molecule has 1 saturated carbocycles. The Balaban J connectivity index is 2.60. The van der Waals surface area contributed by atoms with Gasteiger partial charge in [0.25, 0.3) is 0 Å². The van der Waals surface area contributed by atoms with Crippen molar-refractivity contribution in [2.45, 2.75) is 64.5 Å². The van der Waals surface area contributed by atoms with Crippen LogP contribution in [0.5, 0.6) is 0 Å². The lowest BCUT2D eigenvalue weighted by Gasteiger charge is -2.23. The summed E-state index contributed by atoms with van der Waals surface area (Å²) in [6, 6.07) is -0.905. The molecule has 0 radical (unpaired) electrons. The van der Waals surface area contributed by atoms with Crippen LogP contribution in [-0.2, 0) is 14.4 Å². The van der Waals surface area contributed by atoms with Gasteiger partial charge in [0.15, 0.2) is 0 Å². The standard InChI is InChI=1S/C18H29NO6/c1-3-11(2)17(18(24)25)19-15(21)10-12-8-9-14(20)13(12)6-4-5-7-16(22)23/h4-5,11-14,17,20H,3,6-10H2,1-2H3,(H,19,21)(H,22,23)(H,24,25)/b5-4-/t11-,12+,13+,14-,17-/m0/s1. The monoisotopic (exact) mass is 355 g/mol. The third-order valence-electron chi connectivity index (χ3n) is 5.04. The molecule has 7 heteroatoms. The number of hydrogen-bond donors (Lipinski definition) is 4. The fourth-order valence-corrected chi connectivity index (χ4v) is 3.32. The lowest BCUT2D eigenvalue weighted by Crippen LogP contribution is -2.45. The smallest absolute Gasteiger partial charge is 0.326 e. The van der Waals surface area contributed by atoms with Crippen LogP contribution >= 0.6 is 0 Å². The molecule has 0 spiro atoms. The zero-order valence-electron chi connectivity index (χ0n) is 14.9. The Morgan fingerprint density at radius 3 is 2.44 bits per heavy atom. The molecule has 25 heavy (non-hydrogen) atoms. The molecule has 0 aromatic heterocycles. The Morgan fingerprint density at radius 1 is 1.20 bits per heavy atom. The van der Waals surface area contributed by atoms with Crippen LogP contribution < -0.4 is 5.32 Å². The quantitative estimate of drug-likeness (QED) is 0.443. The van der Waals surface area contributed by atoms with Crippen LogP contribution in [-0.4, -0.2) is 45.3 Å². The van der Waals surface area contributed by atoms with Gasteiger partial charge in [0.05, 0.1) is 12.5 Å². The van der Waals surface area contributed by atoms with Gasteiger partial charge in [0, 0.05) is 6.42 Å². The van der Waals surface area contributed by atoms with Crippen LogP contribution in [0.3, 0.4) is 0 Å². The number of carboxylic acids is 2. The average molecular weight is 355 g/mol. The summed E-state index contributed by atoms with van der Waals surface area (Å²) in [5.74, 6) is -2.57. The maximum Gasteiger partial charge on any atom is 0.326 e. The summed E-state index contributed by atoms with van der Waals surface area (Å²) >= 11 is 0. The third kappa shape index (κ3) is 6.86. The summed E-state index contributed by atoms with van der Waals surface area (Å²) in [7, 11) is 0. The van der Waals surface area contributed by atoms with Crippen LogP contribution in [0.1, 0.15) is 52.4 Å². The second-order valence-corrected chi connectivity index (χ2v) is 6.85. The van der Waals surface area contributed by atoms with Crippen molar-refractivity contribution in [3.05, 3.63) is 12.2 Å². The van der Waals surface area contributed by atoms with Crippen LogP contribution in [0.15, 0.2) is 12.2 Å². The van der Waals surface area contributed by atoms with E-state index in [-0.39, 0.29) is 36.5 Å². The van der Waals surface area contributed by atoms with Crippen molar-refractivity contribution in [1.29, 1.82) is 0 Å². The number of carbonyl (C=O) groups is 3. The van der Waals surface area contributed by atoms with Crippen LogP contribution in [0.25, 0.3) is 0 Å². The second-order valence-electron chi connectivity index (χ2n) is 6.85. The van der Waals surface area contributed by atoms with Crippen molar-refractivity contribution >= 4 is 17.8 Å². The molecule has 142 valence electrons. The lowest BCUT2D eigenvalue weighted by atomic mass is 9.88. The number of carboxylic acid groups (broad SMARTS) is 2. The number of aliphatic hydroxyl groups is 1. The van der Waals surface area contributed by atoms with E-state index in [1.54, 1.807) is 19.1 Å². The molecule has 5 atom stereocenters. The van der Waals surface area contributed by atoms with Crippen molar-refractivity contribution in [3.63, 3.8) is 0 Å². The van der Waals surface area contributed by atoms with E-state index in [0.717, 1.165) is 0 Å². The van der Waals surface area contributed by atoms with Gasteiger partial charge in [-0.1, -0.05) is 32.4 Å². The zero-order chi connectivity index (χ0) is 19.0. The topological polar surface area (TPSA) is 124 Å². The summed E-state index contributed by atoms with van der Waals surface area (Å²) < 4.78 is 0. The molecule has 0 bridgehead atoms. The van der Waals surface area contributed by atoms with Gasteiger partial charge in [-0.25, -0.2) is 4.79 Å². The molecule has 0 saturated heterocycles. The van der Waals surface area contributed by atoms with Crippen molar-refractivity contribution in [2.75, 3.05) is 0 Å². The minimum absolute atomic E-state index is 0.0316. The molecular weight excluding hydrogens is 326 g/mol.